The number of ether oxygens (including phenoxy) is 1. The van der Waals surface area contributed by atoms with Gasteiger partial charge < -0.3 is 9.84 Å². The van der Waals surface area contributed by atoms with E-state index in [2.05, 4.69) is 10.3 Å². The van der Waals surface area contributed by atoms with Crippen LogP contribution in [0.4, 0.5) is 4.39 Å². The van der Waals surface area contributed by atoms with Crippen LogP contribution in [0.3, 0.4) is 0 Å². The number of rotatable bonds is 3. The Bertz CT molecular complexity index is 683. The first-order valence-electron chi connectivity index (χ1n) is 6.13. The molecular formula is C13H12FN3O3. The molecule has 1 unspecified atom stereocenters. The molecule has 2 aromatic rings. The van der Waals surface area contributed by atoms with Crippen LogP contribution >= 0.6 is 0 Å². The molecule has 0 radical (unpaired) electrons. The van der Waals surface area contributed by atoms with E-state index in [4.69, 9.17) is 9.84 Å². The number of nitrogens with zero attached hydrogens (tertiary/aromatic N) is 3. The normalized spacial score (nSPS) is 16.8. The molecule has 0 bridgehead atoms. The molecule has 0 fully saturated rings. The molecule has 0 saturated heterocycles. The highest BCUT2D eigenvalue weighted by Crippen LogP contribution is 2.29. The molecule has 0 amide bonds. The molecule has 1 atom stereocenters. The maximum Gasteiger partial charge on any atom is 0.358 e. The summed E-state index contributed by atoms with van der Waals surface area (Å²) < 4.78 is 20.3. The van der Waals surface area contributed by atoms with Crippen molar-refractivity contribution in [1.29, 1.82) is 0 Å². The number of carboxylic acid groups (broad SMARTS) is 1. The van der Waals surface area contributed by atoms with Gasteiger partial charge in [0.15, 0.2) is 5.69 Å². The van der Waals surface area contributed by atoms with Crippen molar-refractivity contribution in [3.8, 4) is 5.75 Å². The topological polar surface area (TPSA) is 77.2 Å². The average Bonchev–Trinajstić information content (AvgIpc) is 2.93. The summed E-state index contributed by atoms with van der Waals surface area (Å²) in [6.45, 7) is 2.02. The third-order valence-electron chi connectivity index (χ3n) is 3.33. The van der Waals surface area contributed by atoms with Gasteiger partial charge in [-0.3, -0.25) is 0 Å². The number of benzene rings is 1. The lowest BCUT2D eigenvalue weighted by molar-refractivity contribution is 0.0689. The second-order valence-electron chi connectivity index (χ2n) is 4.71. The molecule has 1 aliphatic heterocycles. The number of carbonyl (C=O) groups is 1. The van der Waals surface area contributed by atoms with Gasteiger partial charge in [0.1, 0.15) is 17.7 Å². The van der Waals surface area contributed by atoms with Crippen LogP contribution in [0, 0.1) is 12.7 Å². The number of halogens is 1. The standard InChI is InChI=1S/C13H12FN3O3/c1-7-12(13(18)19)15-16-17(7)6-10-5-8-4-9(14)2-3-11(8)20-10/h2-4,10H,5-6H2,1H3,(H,18,19). The first-order valence-corrected chi connectivity index (χ1v) is 6.13. The number of hydrogen-bond acceptors (Lipinski definition) is 4. The molecule has 1 aromatic heterocycles. The number of aromatic carboxylic acids is 1. The van der Waals surface area contributed by atoms with Gasteiger partial charge in [-0.25, -0.2) is 13.9 Å². The van der Waals surface area contributed by atoms with Crippen molar-refractivity contribution in [2.45, 2.75) is 26.0 Å². The maximum absolute atomic E-state index is 13.1. The second-order valence-corrected chi connectivity index (χ2v) is 4.71. The van der Waals surface area contributed by atoms with Crippen molar-refractivity contribution in [2.24, 2.45) is 0 Å². The molecule has 104 valence electrons. The lowest BCUT2D eigenvalue weighted by Gasteiger charge is -2.11. The highest BCUT2D eigenvalue weighted by atomic mass is 19.1. The predicted octanol–water partition coefficient (Wildman–Crippen LogP) is 1.43. The monoisotopic (exact) mass is 277 g/mol. The highest BCUT2D eigenvalue weighted by Gasteiger charge is 2.25. The van der Waals surface area contributed by atoms with Crippen LogP contribution in [0.1, 0.15) is 21.7 Å². The van der Waals surface area contributed by atoms with Gasteiger partial charge in [-0.05, 0) is 25.1 Å². The Morgan fingerprint density at radius 3 is 3.10 bits per heavy atom. The van der Waals surface area contributed by atoms with E-state index in [-0.39, 0.29) is 17.6 Å². The van der Waals surface area contributed by atoms with Crippen molar-refractivity contribution in [3.05, 3.63) is 41.0 Å². The molecule has 1 aliphatic rings. The van der Waals surface area contributed by atoms with Crippen LogP contribution in [-0.2, 0) is 13.0 Å². The summed E-state index contributed by atoms with van der Waals surface area (Å²) in [5.41, 5.74) is 1.22. The van der Waals surface area contributed by atoms with Crippen LogP contribution in [0.2, 0.25) is 0 Å². The summed E-state index contributed by atoms with van der Waals surface area (Å²) in [7, 11) is 0. The zero-order valence-corrected chi connectivity index (χ0v) is 10.7. The quantitative estimate of drug-likeness (QED) is 0.918. The Balaban J connectivity index is 1.76. The smallest absolute Gasteiger partial charge is 0.358 e. The summed E-state index contributed by atoms with van der Waals surface area (Å²) in [5, 5.41) is 16.4. The molecule has 2 heterocycles. The van der Waals surface area contributed by atoms with Gasteiger partial charge in [0.25, 0.3) is 0 Å². The zero-order chi connectivity index (χ0) is 14.3. The predicted molar refractivity (Wildman–Crippen MR) is 66.2 cm³/mol. The first-order chi connectivity index (χ1) is 9.54. The van der Waals surface area contributed by atoms with Crippen LogP contribution < -0.4 is 4.74 Å². The lowest BCUT2D eigenvalue weighted by Crippen LogP contribution is -2.22. The Morgan fingerprint density at radius 1 is 1.60 bits per heavy atom. The van der Waals surface area contributed by atoms with E-state index in [9.17, 15) is 9.18 Å². The lowest BCUT2D eigenvalue weighted by atomic mass is 10.1. The Labute approximate surface area is 113 Å². The maximum atomic E-state index is 13.1. The van der Waals surface area contributed by atoms with Crippen molar-refractivity contribution in [3.63, 3.8) is 0 Å². The first kappa shape index (κ1) is 12.6. The van der Waals surface area contributed by atoms with Gasteiger partial charge in [-0.1, -0.05) is 5.21 Å². The molecule has 6 nitrogen and oxygen atoms in total. The molecule has 0 saturated carbocycles. The fourth-order valence-corrected chi connectivity index (χ4v) is 2.32. The van der Waals surface area contributed by atoms with E-state index < -0.39 is 5.97 Å². The fraction of sp³-hybridized carbons (Fsp3) is 0.308. The third kappa shape index (κ3) is 2.11. The minimum Gasteiger partial charge on any atom is -0.488 e. The van der Waals surface area contributed by atoms with Crippen LogP contribution in [-0.4, -0.2) is 32.2 Å². The Kier molecular flexibility index (Phi) is 2.89. The minimum absolute atomic E-state index is 0.0634. The molecular weight excluding hydrogens is 265 g/mol. The van der Waals surface area contributed by atoms with Gasteiger partial charge >= 0.3 is 5.97 Å². The number of carboxylic acids is 1. The van der Waals surface area contributed by atoms with E-state index in [0.717, 1.165) is 5.56 Å². The summed E-state index contributed by atoms with van der Waals surface area (Å²) in [4.78, 5) is 10.9. The second kappa shape index (κ2) is 4.59. The third-order valence-corrected chi connectivity index (χ3v) is 3.33. The summed E-state index contributed by atoms with van der Waals surface area (Å²) in [5.74, 6) is -0.739. The van der Waals surface area contributed by atoms with E-state index in [1.165, 1.54) is 16.8 Å². The van der Waals surface area contributed by atoms with Gasteiger partial charge in [0.2, 0.25) is 0 Å². The van der Waals surface area contributed by atoms with Crippen LogP contribution in [0.25, 0.3) is 0 Å². The largest absolute Gasteiger partial charge is 0.488 e. The van der Waals surface area contributed by atoms with E-state index >= 15 is 0 Å². The number of hydrogen-bond donors (Lipinski definition) is 1. The Morgan fingerprint density at radius 2 is 2.40 bits per heavy atom. The number of aromatic nitrogens is 3. The molecule has 20 heavy (non-hydrogen) atoms. The molecule has 1 aromatic carbocycles. The van der Waals surface area contributed by atoms with Crippen molar-refractivity contribution in [2.75, 3.05) is 0 Å². The van der Waals surface area contributed by atoms with Gasteiger partial charge in [-0.15, -0.1) is 5.10 Å². The summed E-state index contributed by atoms with van der Waals surface area (Å²) >= 11 is 0. The SMILES string of the molecule is Cc1c(C(=O)O)nnn1CC1Cc2cc(F)ccc2O1. The van der Waals surface area contributed by atoms with E-state index in [1.807, 2.05) is 0 Å². The van der Waals surface area contributed by atoms with Crippen LogP contribution in [0.5, 0.6) is 5.75 Å². The minimum atomic E-state index is -1.11. The molecule has 3 rings (SSSR count). The molecule has 1 N–H and O–H groups in total. The van der Waals surface area contributed by atoms with Crippen molar-refractivity contribution < 1.29 is 19.0 Å². The molecule has 0 aliphatic carbocycles. The van der Waals surface area contributed by atoms with E-state index in [1.54, 1.807) is 13.0 Å². The van der Waals surface area contributed by atoms with Crippen molar-refractivity contribution in [1.82, 2.24) is 15.0 Å². The number of fused-ring (bicyclic) bond motifs is 1. The van der Waals surface area contributed by atoms with Crippen molar-refractivity contribution >= 4 is 5.97 Å². The van der Waals surface area contributed by atoms with Gasteiger partial charge in [0, 0.05) is 12.0 Å². The van der Waals surface area contributed by atoms with E-state index in [0.29, 0.717) is 24.4 Å². The zero-order valence-electron chi connectivity index (χ0n) is 10.7. The average molecular weight is 277 g/mol. The molecule has 7 heteroatoms. The summed E-state index contributed by atoms with van der Waals surface area (Å²) in [6.07, 6.45) is 0.364. The summed E-state index contributed by atoms with van der Waals surface area (Å²) in [6, 6.07) is 4.40. The fourth-order valence-electron chi connectivity index (χ4n) is 2.32. The van der Waals surface area contributed by atoms with Gasteiger partial charge in [0.05, 0.1) is 12.2 Å². The highest BCUT2D eigenvalue weighted by molar-refractivity contribution is 5.86. The van der Waals surface area contributed by atoms with Gasteiger partial charge in [-0.2, -0.15) is 0 Å². The Hall–Kier alpha value is -2.44. The molecule has 0 spiro atoms. The van der Waals surface area contributed by atoms with Crippen LogP contribution in [0.15, 0.2) is 18.2 Å².